The quantitative estimate of drug-likeness (QED) is 0.610. The van der Waals surface area contributed by atoms with Crippen LogP contribution in [-0.4, -0.2) is 34.7 Å². The van der Waals surface area contributed by atoms with Crippen molar-refractivity contribution in [3.8, 4) is 0 Å². The van der Waals surface area contributed by atoms with Crippen LogP contribution in [0.25, 0.3) is 0 Å². The third-order valence-corrected chi connectivity index (χ3v) is 4.14. The van der Waals surface area contributed by atoms with Gasteiger partial charge in [0.2, 0.25) is 0 Å². The number of anilines is 2. The number of nitrogens with one attached hydrogen (secondary N) is 1. The van der Waals surface area contributed by atoms with Gasteiger partial charge in [-0.05, 0) is 18.5 Å². The molecule has 2 rings (SSSR count). The van der Waals surface area contributed by atoms with E-state index in [0.29, 0.717) is 12.4 Å². The SMILES string of the molecule is C=Nc1cc(C(F)(F)F)cnc1N(C)Cc1c(SCC)n[nH]c1N. The molecule has 24 heavy (non-hydrogen) atoms. The lowest BCUT2D eigenvalue weighted by Gasteiger charge is -2.20. The number of rotatable bonds is 6. The van der Waals surface area contributed by atoms with Crippen LogP contribution in [0.1, 0.15) is 18.1 Å². The van der Waals surface area contributed by atoms with E-state index >= 15 is 0 Å². The topological polar surface area (TPSA) is 83.2 Å². The van der Waals surface area contributed by atoms with E-state index in [2.05, 4.69) is 26.9 Å². The Labute approximate surface area is 141 Å². The predicted molar refractivity (Wildman–Crippen MR) is 90.0 cm³/mol. The molecule has 130 valence electrons. The fourth-order valence-electron chi connectivity index (χ4n) is 2.09. The summed E-state index contributed by atoms with van der Waals surface area (Å²) < 4.78 is 38.4. The van der Waals surface area contributed by atoms with Crippen LogP contribution in [0.4, 0.5) is 30.5 Å². The van der Waals surface area contributed by atoms with Gasteiger partial charge in [0.25, 0.3) is 0 Å². The fraction of sp³-hybridized carbons (Fsp3) is 0.357. The fourth-order valence-corrected chi connectivity index (χ4v) is 2.83. The molecule has 0 radical (unpaired) electrons. The molecule has 0 fully saturated rings. The molecule has 0 saturated carbocycles. The molecule has 2 heterocycles. The highest BCUT2D eigenvalue weighted by molar-refractivity contribution is 7.99. The number of hydrogen-bond donors (Lipinski definition) is 2. The Kier molecular flexibility index (Phi) is 5.37. The van der Waals surface area contributed by atoms with E-state index in [-0.39, 0.29) is 11.5 Å². The zero-order valence-electron chi connectivity index (χ0n) is 13.2. The maximum atomic E-state index is 12.8. The van der Waals surface area contributed by atoms with E-state index in [1.165, 1.54) is 11.8 Å². The first kappa shape index (κ1) is 18.1. The minimum absolute atomic E-state index is 0.0547. The standard InChI is InChI=1S/C14H17F3N6S/c1-4-24-13-9(11(18)21-22-13)7-23(3)12-10(19-2)5-8(6-20-12)14(15,16)17/h5-6H,2,4,7H2,1,3H3,(H3,18,21,22). The maximum absolute atomic E-state index is 12.8. The second kappa shape index (κ2) is 7.12. The Balaban J connectivity index is 2.32. The molecule has 0 amide bonds. The molecule has 3 N–H and O–H groups in total. The molecule has 0 saturated heterocycles. The van der Waals surface area contributed by atoms with Gasteiger partial charge in [-0.3, -0.25) is 10.1 Å². The summed E-state index contributed by atoms with van der Waals surface area (Å²) in [5.74, 6) is 1.52. The number of nitrogens with zero attached hydrogens (tertiary/aromatic N) is 4. The molecular formula is C14H17F3N6S. The molecule has 0 aromatic carbocycles. The number of aromatic amines is 1. The normalized spacial score (nSPS) is 11.5. The van der Waals surface area contributed by atoms with Crippen LogP contribution in [0.5, 0.6) is 0 Å². The van der Waals surface area contributed by atoms with Crippen molar-refractivity contribution in [2.45, 2.75) is 24.7 Å². The molecule has 0 aliphatic rings. The van der Waals surface area contributed by atoms with Crippen molar-refractivity contribution in [1.82, 2.24) is 15.2 Å². The van der Waals surface area contributed by atoms with Gasteiger partial charge in [0, 0.05) is 18.8 Å². The lowest BCUT2D eigenvalue weighted by Crippen LogP contribution is -2.19. The second-order valence-corrected chi connectivity index (χ2v) is 6.19. The number of aliphatic imine (C=N–C) groups is 1. The van der Waals surface area contributed by atoms with Crippen molar-refractivity contribution < 1.29 is 13.2 Å². The zero-order chi connectivity index (χ0) is 17.9. The van der Waals surface area contributed by atoms with E-state index in [4.69, 9.17) is 5.73 Å². The highest BCUT2D eigenvalue weighted by atomic mass is 32.2. The van der Waals surface area contributed by atoms with E-state index in [9.17, 15) is 13.2 Å². The van der Waals surface area contributed by atoms with Gasteiger partial charge >= 0.3 is 6.18 Å². The number of aromatic nitrogens is 3. The number of pyridine rings is 1. The molecule has 2 aromatic heterocycles. The van der Waals surface area contributed by atoms with Crippen molar-refractivity contribution in [2.24, 2.45) is 4.99 Å². The van der Waals surface area contributed by atoms with E-state index in [1.807, 2.05) is 6.92 Å². The average molecular weight is 358 g/mol. The Bertz CT molecular complexity index is 728. The monoisotopic (exact) mass is 358 g/mol. The van der Waals surface area contributed by atoms with Crippen LogP contribution in [0.2, 0.25) is 0 Å². The molecule has 10 heteroatoms. The molecule has 0 bridgehead atoms. The number of hydrogen-bond acceptors (Lipinski definition) is 6. The van der Waals surface area contributed by atoms with Gasteiger partial charge in [-0.25, -0.2) is 4.98 Å². The summed E-state index contributed by atoms with van der Waals surface area (Å²) in [6.45, 7) is 5.64. The van der Waals surface area contributed by atoms with Gasteiger partial charge in [0.05, 0.1) is 12.1 Å². The van der Waals surface area contributed by atoms with Crippen LogP contribution in [0.15, 0.2) is 22.3 Å². The predicted octanol–water partition coefficient (Wildman–Crippen LogP) is 3.49. The molecule has 0 unspecified atom stereocenters. The summed E-state index contributed by atoms with van der Waals surface area (Å²) >= 11 is 1.52. The van der Waals surface area contributed by atoms with Crippen molar-refractivity contribution >= 4 is 35.8 Å². The van der Waals surface area contributed by atoms with Crippen LogP contribution in [0.3, 0.4) is 0 Å². The van der Waals surface area contributed by atoms with Crippen molar-refractivity contribution in [2.75, 3.05) is 23.4 Å². The highest BCUT2D eigenvalue weighted by Crippen LogP contribution is 2.35. The second-order valence-electron chi connectivity index (χ2n) is 4.93. The number of nitrogens with two attached hydrogens (primary N) is 1. The van der Waals surface area contributed by atoms with Crippen molar-refractivity contribution in [1.29, 1.82) is 0 Å². The molecule has 0 spiro atoms. The summed E-state index contributed by atoms with van der Waals surface area (Å²) in [5, 5.41) is 7.59. The summed E-state index contributed by atoms with van der Waals surface area (Å²) in [4.78, 5) is 9.22. The smallest absolute Gasteiger partial charge is 0.384 e. The highest BCUT2D eigenvalue weighted by Gasteiger charge is 2.32. The number of nitrogen functional groups attached to an aromatic ring is 1. The number of halogens is 3. The van der Waals surface area contributed by atoms with Crippen LogP contribution in [0, 0.1) is 0 Å². The van der Waals surface area contributed by atoms with Gasteiger partial charge in [0.1, 0.15) is 16.5 Å². The van der Waals surface area contributed by atoms with Gasteiger partial charge < -0.3 is 10.6 Å². The third-order valence-electron chi connectivity index (χ3n) is 3.24. The van der Waals surface area contributed by atoms with E-state index in [1.54, 1.807) is 11.9 Å². The molecule has 0 aliphatic carbocycles. The van der Waals surface area contributed by atoms with Gasteiger partial charge in [-0.1, -0.05) is 6.92 Å². The third kappa shape index (κ3) is 3.81. The lowest BCUT2D eigenvalue weighted by atomic mass is 10.2. The van der Waals surface area contributed by atoms with Gasteiger partial charge in [-0.2, -0.15) is 18.3 Å². The van der Waals surface area contributed by atoms with Crippen LogP contribution < -0.4 is 10.6 Å². The molecular weight excluding hydrogens is 341 g/mol. The zero-order valence-corrected chi connectivity index (χ0v) is 14.0. The number of H-pyrrole nitrogens is 1. The Hall–Kier alpha value is -2.23. The van der Waals surface area contributed by atoms with Crippen LogP contribution in [-0.2, 0) is 12.7 Å². The molecule has 6 nitrogen and oxygen atoms in total. The molecule has 0 aliphatic heterocycles. The average Bonchev–Trinajstić information content (AvgIpc) is 2.87. The minimum Gasteiger partial charge on any atom is -0.384 e. The maximum Gasteiger partial charge on any atom is 0.417 e. The lowest BCUT2D eigenvalue weighted by molar-refractivity contribution is -0.137. The summed E-state index contributed by atoms with van der Waals surface area (Å²) in [6.07, 6.45) is -3.70. The largest absolute Gasteiger partial charge is 0.417 e. The summed E-state index contributed by atoms with van der Waals surface area (Å²) in [7, 11) is 1.69. The minimum atomic E-state index is -4.48. The van der Waals surface area contributed by atoms with Gasteiger partial charge in [0.15, 0.2) is 5.82 Å². The van der Waals surface area contributed by atoms with E-state index in [0.717, 1.165) is 28.6 Å². The first-order chi connectivity index (χ1) is 11.3. The van der Waals surface area contributed by atoms with Crippen molar-refractivity contribution in [3.63, 3.8) is 0 Å². The number of thioether (sulfide) groups is 1. The summed E-state index contributed by atoms with van der Waals surface area (Å²) in [6, 6.07) is 0.923. The van der Waals surface area contributed by atoms with E-state index < -0.39 is 11.7 Å². The Morgan fingerprint density at radius 3 is 2.75 bits per heavy atom. The first-order valence-corrected chi connectivity index (χ1v) is 7.97. The molecule has 0 atom stereocenters. The van der Waals surface area contributed by atoms with Crippen molar-refractivity contribution in [3.05, 3.63) is 23.4 Å². The Morgan fingerprint density at radius 1 is 1.46 bits per heavy atom. The van der Waals surface area contributed by atoms with Crippen LogP contribution >= 0.6 is 11.8 Å². The number of alkyl halides is 3. The summed E-state index contributed by atoms with van der Waals surface area (Å²) in [5.41, 5.74) is 5.84. The Morgan fingerprint density at radius 2 is 2.17 bits per heavy atom. The first-order valence-electron chi connectivity index (χ1n) is 6.98. The van der Waals surface area contributed by atoms with Gasteiger partial charge in [-0.15, -0.1) is 11.8 Å². The molecule has 2 aromatic rings.